The Hall–Kier alpha value is -2.24. The number of amides is 3. The van der Waals surface area contributed by atoms with Gasteiger partial charge in [0, 0.05) is 0 Å². The molecule has 0 atom stereocenters. The van der Waals surface area contributed by atoms with E-state index in [0.29, 0.717) is 18.4 Å². The maximum absolute atomic E-state index is 13.1. The first-order valence-corrected chi connectivity index (χ1v) is 7.07. The molecule has 110 valence electrons. The van der Waals surface area contributed by atoms with Crippen LogP contribution in [0.4, 0.5) is 9.18 Å². The second-order valence-electron chi connectivity index (χ2n) is 5.49. The molecule has 1 aromatic rings. The van der Waals surface area contributed by atoms with Crippen molar-refractivity contribution in [2.45, 2.75) is 37.6 Å². The van der Waals surface area contributed by atoms with Crippen molar-refractivity contribution in [2.24, 2.45) is 5.10 Å². The number of hydrogen-bond donors (Lipinski definition) is 1. The molecular weight excluding hydrogens is 273 g/mol. The number of carbonyl (C=O) groups excluding carboxylic acids is 2. The van der Waals surface area contributed by atoms with Gasteiger partial charge < -0.3 is 5.32 Å². The Morgan fingerprint density at radius 3 is 2.71 bits per heavy atom. The molecule has 1 aromatic carbocycles. The molecule has 1 aliphatic carbocycles. The largest absolute Gasteiger partial charge is 0.346 e. The summed E-state index contributed by atoms with van der Waals surface area (Å²) in [6.45, 7) is 0. The molecule has 0 unspecified atom stereocenters. The van der Waals surface area contributed by atoms with E-state index in [2.05, 4.69) is 10.4 Å². The van der Waals surface area contributed by atoms with E-state index >= 15 is 0 Å². The van der Waals surface area contributed by atoms with Crippen LogP contribution in [0.25, 0.3) is 0 Å². The van der Waals surface area contributed by atoms with Crippen LogP contribution in [-0.4, -0.2) is 28.7 Å². The van der Waals surface area contributed by atoms with E-state index in [4.69, 9.17) is 0 Å². The number of rotatable bonds is 2. The summed E-state index contributed by atoms with van der Waals surface area (Å²) in [4.78, 5) is 24.4. The van der Waals surface area contributed by atoms with E-state index in [0.717, 1.165) is 24.3 Å². The third-order valence-electron chi connectivity index (χ3n) is 4.02. The van der Waals surface area contributed by atoms with Gasteiger partial charge in [-0.15, -0.1) is 5.01 Å². The summed E-state index contributed by atoms with van der Waals surface area (Å²) < 4.78 is 13.1. The Kier molecular flexibility index (Phi) is 3.45. The lowest BCUT2D eigenvalue weighted by Gasteiger charge is -2.29. The summed E-state index contributed by atoms with van der Waals surface area (Å²) >= 11 is 0. The van der Waals surface area contributed by atoms with Gasteiger partial charge >= 0.3 is 6.03 Å². The summed E-state index contributed by atoms with van der Waals surface area (Å²) in [5, 5.41) is 7.55. The Bertz CT molecular complexity index is 609. The molecule has 0 bridgehead atoms. The lowest BCUT2D eigenvalue weighted by Crippen LogP contribution is -2.48. The van der Waals surface area contributed by atoms with Crippen molar-refractivity contribution in [3.05, 3.63) is 35.6 Å². The first-order chi connectivity index (χ1) is 10.1. The zero-order valence-electron chi connectivity index (χ0n) is 11.5. The molecule has 3 rings (SSSR count). The zero-order valence-corrected chi connectivity index (χ0v) is 11.5. The van der Waals surface area contributed by atoms with Crippen LogP contribution in [0.1, 0.15) is 37.7 Å². The molecule has 1 N–H and O–H groups in total. The summed E-state index contributed by atoms with van der Waals surface area (Å²) in [6.07, 6.45) is 5.56. The Morgan fingerprint density at radius 1 is 1.24 bits per heavy atom. The molecular formula is C15H16FN3O2. The van der Waals surface area contributed by atoms with Gasteiger partial charge in [0.05, 0.1) is 6.21 Å². The van der Waals surface area contributed by atoms with Crippen molar-refractivity contribution in [2.75, 3.05) is 0 Å². The fraction of sp³-hybridized carbons (Fsp3) is 0.400. The summed E-state index contributed by atoms with van der Waals surface area (Å²) in [6, 6.07) is 5.31. The molecule has 1 spiro atoms. The molecule has 21 heavy (non-hydrogen) atoms. The quantitative estimate of drug-likeness (QED) is 0.671. The highest BCUT2D eigenvalue weighted by molar-refractivity contribution is 6.07. The number of imide groups is 1. The Morgan fingerprint density at radius 2 is 2.00 bits per heavy atom. The van der Waals surface area contributed by atoms with Gasteiger partial charge in [-0.1, -0.05) is 31.4 Å². The van der Waals surface area contributed by atoms with Gasteiger partial charge in [-0.3, -0.25) is 4.79 Å². The van der Waals surface area contributed by atoms with Gasteiger partial charge in [-0.25, -0.2) is 9.18 Å². The first kappa shape index (κ1) is 13.7. The van der Waals surface area contributed by atoms with E-state index in [-0.39, 0.29) is 11.7 Å². The number of carbonyl (C=O) groups is 2. The number of nitrogens with zero attached hydrogens (tertiary/aromatic N) is 2. The highest BCUT2D eigenvalue weighted by atomic mass is 19.1. The van der Waals surface area contributed by atoms with Crippen LogP contribution in [0.5, 0.6) is 0 Å². The third-order valence-corrected chi connectivity index (χ3v) is 4.02. The van der Waals surface area contributed by atoms with E-state index < -0.39 is 11.6 Å². The van der Waals surface area contributed by atoms with Gasteiger partial charge in [0.1, 0.15) is 11.4 Å². The van der Waals surface area contributed by atoms with E-state index in [1.165, 1.54) is 18.3 Å². The average molecular weight is 289 g/mol. The summed E-state index contributed by atoms with van der Waals surface area (Å²) in [7, 11) is 0. The molecule has 5 nitrogen and oxygen atoms in total. The van der Waals surface area contributed by atoms with Gasteiger partial charge in [0.2, 0.25) is 0 Å². The van der Waals surface area contributed by atoms with Crippen LogP contribution >= 0.6 is 0 Å². The summed E-state index contributed by atoms with van der Waals surface area (Å²) in [5.41, 5.74) is -0.283. The van der Waals surface area contributed by atoms with Gasteiger partial charge in [0.15, 0.2) is 0 Å². The molecule has 1 heterocycles. The minimum atomic E-state index is -0.783. The van der Waals surface area contributed by atoms with Crippen molar-refractivity contribution in [1.82, 2.24) is 10.3 Å². The minimum Gasteiger partial charge on any atom is -0.321 e. The maximum Gasteiger partial charge on any atom is 0.346 e. The van der Waals surface area contributed by atoms with Crippen molar-refractivity contribution < 1.29 is 14.0 Å². The monoisotopic (exact) mass is 289 g/mol. The van der Waals surface area contributed by atoms with E-state index in [9.17, 15) is 14.0 Å². The zero-order chi connectivity index (χ0) is 14.9. The Labute approximate surface area is 121 Å². The fourth-order valence-corrected chi connectivity index (χ4v) is 2.92. The molecule has 1 saturated heterocycles. The number of halogens is 1. The molecule has 1 saturated carbocycles. The van der Waals surface area contributed by atoms with Crippen molar-refractivity contribution in [1.29, 1.82) is 0 Å². The molecule has 2 aliphatic rings. The van der Waals surface area contributed by atoms with Crippen LogP contribution in [0.15, 0.2) is 29.4 Å². The standard InChI is InChI=1S/C15H16FN3O2/c16-12-6-4-5-11(9-12)10-17-19-13(20)15(18-14(19)21)7-2-1-3-8-15/h4-6,9-10H,1-3,7-8H2,(H,18,21)/b17-10-. The number of hydrogen-bond acceptors (Lipinski definition) is 3. The fourth-order valence-electron chi connectivity index (χ4n) is 2.92. The second kappa shape index (κ2) is 5.27. The molecule has 6 heteroatoms. The van der Waals surface area contributed by atoms with Crippen LogP contribution < -0.4 is 5.32 Å². The number of urea groups is 1. The van der Waals surface area contributed by atoms with Crippen molar-refractivity contribution in [3.8, 4) is 0 Å². The first-order valence-electron chi connectivity index (χ1n) is 7.07. The summed E-state index contributed by atoms with van der Waals surface area (Å²) in [5.74, 6) is -0.695. The molecule has 2 fully saturated rings. The highest BCUT2D eigenvalue weighted by Gasteiger charge is 2.51. The van der Waals surface area contributed by atoms with Crippen LogP contribution in [0.2, 0.25) is 0 Å². The average Bonchev–Trinajstić information content (AvgIpc) is 2.69. The molecule has 3 amide bonds. The van der Waals surface area contributed by atoms with Crippen molar-refractivity contribution in [3.63, 3.8) is 0 Å². The number of nitrogens with one attached hydrogen (secondary N) is 1. The van der Waals surface area contributed by atoms with E-state index in [1.54, 1.807) is 12.1 Å². The van der Waals surface area contributed by atoms with Crippen LogP contribution in [0.3, 0.4) is 0 Å². The SMILES string of the molecule is O=C1NC2(CCCCC2)C(=O)N1/N=C\c1cccc(F)c1. The van der Waals surface area contributed by atoms with E-state index in [1.807, 2.05) is 0 Å². The lowest BCUT2D eigenvalue weighted by atomic mass is 9.82. The molecule has 0 radical (unpaired) electrons. The van der Waals surface area contributed by atoms with Gasteiger partial charge in [0.25, 0.3) is 5.91 Å². The number of hydrazone groups is 1. The molecule has 0 aromatic heterocycles. The highest BCUT2D eigenvalue weighted by Crippen LogP contribution is 2.33. The third kappa shape index (κ3) is 2.53. The minimum absolute atomic E-state index is 0.306. The van der Waals surface area contributed by atoms with Gasteiger partial charge in [-0.2, -0.15) is 5.10 Å². The predicted octanol–water partition coefficient (Wildman–Crippen LogP) is 2.41. The maximum atomic E-state index is 13.1. The van der Waals surface area contributed by atoms with Gasteiger partial charge in [-0.05, 0) is 30.5 Å². The molecule has 1 aliphatic heterocycles. The lowest BCUT2D eigenvalue weighted by molar-refractivity contribution is -0.132. The number of benzene rings is 1. The normalized spacial score (nSPS) is 21.3. The Balaban J connectivity index is 1.79. The smallest absolute Gasteiger partial charge is 0.321 e. The second-order valence-corrected chi connectivity index (χ2v) is 5.49. The van der Waals surface area contributed by atoms with Crippen LogP contribution in [0, 0.1) is 5.82 Å². The predicted molar refractivity (Wildman–Crippen MR) is 75.2 cm³/mol. The van der Waals surface area contributed by atoms with Crippen molar-refractivity contribution >= 4 is 18.2 Å². The topological polar surface area (TPSA) is 61.8 Å². The van der Waals surface area contributed by atoms with Crippen LogP contribution in [-0.2, 0) is 4.79 Å².